The van der Waals surface area contributed by atoms with Crippen molar-refractivity contribution in [2.75, 3.05) is 6.61 Å². The van der Waals surface area contributed by atoms with Crippen LogP contribution < -0.4 is 0 Å². The van der Waals surface area contributed by atoms with Gasteiger partial charge in [0.05, 0.1) is 12.7 Å². The lowest BCUT2D eigenvalue weighted by molar-refractivity contribution is -0.323. The first-order valence-corrected chi connectivity index (χ1v) is 10.3. The molecule has 0 bridgehead atoms. The Morgan fingerprint density at radius 2 is 1.48 bits per heavy atom. The molecule has 1 aromatic carbocycles. The fraction of sp³-hybridized carbons (Fsp3) is 0.571. The summed E-state index contributed by atoms with van der Waals surface area (Å²) in [7, 11) is 0. The third kappa shape index (κ3) is 6.06. The van der Waals surface area contributed by atoms with E-state index >= 15 is 0 Å². The van der Waals surface area contributed by atoms with Gasteiger partial charge in [0, 0.05) is 6.08 Å². The Labute approximate surface area is 188 Å². The number of aromatic hydroxyl groups is 1. The van der Waals surface area contributed by atoms with Gasteiger partial charge in [-0.25, -0.2) is 4.79 Å². The zero-order chi connectivity index (χ0) is 24.3. The predicted molar refractivity (Wildman–Crippen MR) is 108 cm³/mol. The van der Waals surface area contributed by atoms with Crippen molar-refractivity contribution in [1.29, 1.82) is 0 Å². The number of aliphatic hydroxyl groups is 6. The zero-order valence-electron chi connectivity index (χ0n) is 17.6. The third-order valence-corrected chi connectivity index (χ3v) is 5.44. The predicted octanol–water partition coefficient (Wildman–Crippen LogP) is -2.40. The molecule has 1 aromatic rings. The average molecular weight is 472 g/mol. The number of carbonyl (C=O) groups excluding carboxylic acids is 1. The molecular formula is C21H28O12. The lowest BCUT2D eigenvalue weighted by Gasteiger charge is -2.42. The van der Waals surface area contributed by atoms with Crippen LogP contribution in [0.4, 0.5) is 0 Å². The Morgan fingerprint density at radius 1 is 0.879 bits per heavy atom. The molecule has 0 saturated carbocycles. The van der Waals surface area contributed by atoms with E-state index < -0.39 is 74.0 Å². The summed E-state index contributed by atoms with van der Waals surface area (Å²) in [6, 6.07) is 5.96. The number of esters is 1. The van der Waals surface area contributed by atoms with Crippen LogP contribution in [0.25, 0.3) is 6.08 Å². The van der Waals surface area contributed by atoms with Gasteiger partial charge in [0.1, 0.15) is 48.5 Å². The van der Waals surface area contributed by atoms with E-state index in [9.17, 15) is 40.5 Å². The average Bonchev–Trinajstić information content (AvgIpc) is 2.79. The molecule has 33 heavy (non-hydrogen) atoms. The summed E-state index contributed by atoms with van der Waals surface area (Å²) in [6.45, 7) is 0.989. The second kappa shape index (κ2) is 10.9. The van der Waals surface area contributed by atoms with Crippen LogP contribution in [-0.2, 0) is 23.7 Å². The maximum Gasteiger partial charge on any atom is 0.333 e. The van der Waals surface area contributed by atoms with Crippen LogP contribution in [0, 0.1) is 0 Å². The molecule has 2 heterocycles. The molecule has 184 valence electrons. The van der Waals surface area contributed by atoms with Gasteiger partial charge in [0.25, 0.3) is 0 Å². The van der Waals surface area contributed by atoms with Crippen molar-refractivity contribution in [1.82, 2.24) is 0 Å². The molecule has 2 aliphatic rings. The highest BCUT2D eigenvalue weighted by atomic mass is 16.7. The summed E-state index contributed by atoms with van der Waals surface area (Å²) >= 11 is 0. The Morgan fingerprint density at radius 3 is 2.15 bits per heavy atom. The standard InChI is InChI=1S/C21H28O12/c1-9-14(24)16(26)18(28)20(31-9)30-8-12-15(25)17(27)19(29)21(32-12)33-13(23)7-4-10-2-5-11(22)6-3-10/h2-7,9,12,14-22,24-29H,8H2,1H3. The van der Waals surface area contributed by atoms with E-state index in [0.717, 1.165) is 6.08 Å². The zero-order valence-corrected chi connectivity index (χ0v) is 17.6. The molecule has 2 fully saturated rings. The molecule has 0 amide bonds. The van der Waals surface area contributed by atoms with Crippen LogP contribution in [0.3, 0.4) is 0 Å². The summed E-state index contributed by atoms with van der Waals surface area (Å²) in [5.74, 6) is -0.854. The van der Waals surface area contributed by atoms with Gasteiger partial charge in [0.15, 0.2) is 6.29 Å². The highest BCUT2D eigenvalue weighted by molar-refractivity contribution is 5.87. The van der Waals surface area contributed by atoms with Crippen molar-refractivity contribution >= 4 is 12.0 Å². The first-order chi connectivity index (χ1) is 15.6. The number of aliphatic hydroxyl groups excluding tert-OH is 6. The molecular weight excluding hydrogens is 444 g/mol. The van der Waals surface area contributed by atoms with Crippen molar-refractivity contribution in [3.05, 3.63) is 35.9 Å². The summed E-state index contributed by atoms with van der Waals surface area (Å²) in [5.41, 5.74) is 0.587. The number of ether oxygens (including phenoxy) is 4. The van der Waals surface area contributed by atoms with Gasteiger partial charge in [-0.05, 0) is 30.7 Å². The minimum atomic E-state index is -1.75. The number of hydrogen-bond donors (Lipinski definition) is 7. The van der Waals surface area contributed by atoms with Crippen LogP contribution >= 0.6 is 0 Å². The summed E-state index contributed by atoms with van der Waals surface area (Å²) in [4.78, 5) is 12.1. The highest BCUT2D eigenvalue weighted by Gasteiger charge is 2.47. The number of benzene rings is 1. The quantitative estimate of drug-likeness (QED) is 0.172. The van der Waals surface area contributed by atoms with Gasteiger partial charge in [-0.3, -0.25) is 0 Å². The van der Waals surface area contributed by atoms with Crippen LogP contribution in [0.15, 0.2) is 30.3 Å². The second-order valence-corrected chi connectivity index (χ2v) is 7.89. The van der Waals surface area contributed by atoms with Crippen LogP contribution in [0.1, 0.15) is 12.5 Å². The molecule has 2 aliphatic heterocycles. The molecule has 0 aliphatic carbocycles. The van der Waals surface area contributed by atoms with E-state index in [1.165, 1.54) is 25.1 Å². The Hall–Kier alpha value is -2.13. The summed E-state index contributed by atoms with van der Waals surface area (Å²) in [6.07, 6.45) is -12.3. The Bertz CT molecular complexity index is 814. The molecule has 0 aromatic heterocycles. The highest BCUT2D eigenvalue weighted by Crippen LogP contribution is 2.26. The summed E-state index contributed by atoms with van der Waals surface area (Å²) in [5, 5.41) is 69.3. The van der Waals surface area contributed by atoms with E-state index in [1.54, 1.807) is 12.1 Å². The molecule has 3 rings (SSSR count). The van der Waals surface area contributed by atoms with Crippen molar-refractivity contribution in [2.24, 2.45) is 0 Å². The topological polar surface area (TPSA) is 196 Å². The molecule has 7 N–H and O–H groups in total. The number of rotatable bonds is 6. The van der Waals surface area contributed by atoms with Crippen molar-refractivity contribution in [3.8, 4) is 5.75 Å². The fourth-order valence-corrected chi connectivity index (χ4v) is 3.40. The van der Waals surface area contributed by atoms with Gasteiger partial charge >= 0.3 is 5.97 Å². The Kier molecular flexibility index (Phi) is 8.39. The lowest BCUT2D eigenvalue weighted by atomic mass is 9.98. The van der Waals surface area contributed by atoms with Gasteiger partial charge in [-0.2, -0.15) is 0 Å². The minimum Gasteiger partial charge on any atom is -0.508 e. The molecule has 2 saturated heterocycles. The van der Waals surface area contributed by atoms with Gasteiger partial charge in [-0.1, -0.05) is 12.1 Å². The molecule has 10 unspecified atom stereocenters. The van der Waals surface area contributed by atoms with Crippen LogP contribution in [0.5, 0.6) is 5.75 Å². The fourth-order valence-electron chi connectivity index (χ4n) is 3.40. The molecule has 12 heteroatoms. The monoisotopic (exact) mass is 472 g/mol. The minimum absolute atomic E-state index is 0.0561. The smallest absolute Gasteiger partial charge is 0.333 e. The van der Waals surface area contributed by atoms with Crippen LogP contribution in [0.2, 0.25) is 0 Å². The van der Waals surface area contributed by atoms with E-state index in [2.05, 4.69) is 0 Å². The third-order valence-electron chi connectivity index (χ3n) is 5.44. The first kappa shape index (κ1) is 25.5. The normalized spacial score (nSPS) is 39.5. The first-order valence-electron chi connectivity index (χ1n) is 10.3. The van der Waals surface area contributed by atoms with Crippen molar-refractivity contribution in [3.63, 3.8) is 0 Å². The molecule has 0 spiro atoms. The van der Waals surface area contributed by atoms with Gasteiger partial charge in [0.2, 0.25) is 6.29 Å². The largest absolute Gasteiger partial charge is 0.508 e. The van der Waals surface area contributed by atoms with Gasteiger partial charge < -0.3 is 54.7 Å². The number of phenols is 1. The Balaban J connectivity index is 1.58. The molecule has 12 nitrogen and oxygen atoms in total. The maximum absolute atomic E-state index is 12.1. The lowest BCUT2D eigenvalue weighted by Crippen LogP contribution is -2.61. The van der Waals surface area contributed by atoms with E-state index in [-0.39, 0.29) is 5.75 Å². The van der Waals surface area contributed by atoms with Gasteiger partial charge in [-0.15, -0.1) is 0 Å². The number of phenolic OH excluding ortho intramolecular Hbond substituents is 1. The van der Waals surface area contributed by atoms with E-state index in [0.29, 0.717) is 5.56 Å². The maximum atomic E-state index is 12.1. The van der Waals surface area contributed by atoms with Crippen molar-refractivity contribution < 1.29 is 59.5 Å². The second-order valence-electron chi connectivity index (χ2n) is 7.89. The van der Waals surface area contributed by atoms with E-state index in [1.807, 2.05) is 0 Å². The van der Waals surface area contributed by atoms with E-state index in [4.69, 9.17) is 18.9 Å². The number of carbonyl (C=O) groups is 1. The number of hydrogen-bond acceptors (Lipinski definition) is 12. The van der Waals surface area contributed by atoms with Crippen LogP contribution in [-0.4, -0.2) is 110 Å². The summed E-state index contributed by atoms with van der Waals surface area (Å²) < 4.78 is 21.0. The SMILES string of the molecule is CC1OC(OCC2OC(OC(=O)C=Cc3ccc(O)cc3)C(O)C(O)C2O)C(O)C(O)C1O. The molecule has 0 radical (unpaired) electrons. The van der Waals surface area contributed by atoms with Crippen molar-refractivity contribution in [2.45, 2.75) is 68.3 Å². The molecule has 10 atom stereocenters.